The second-order valence-corrected chi connectivity index (χ2v) is 6.57. The minimum Gasteiger partial charge on any atom is -0.353 e. The highest BCUT2D eigenvalue weighted by Gasteiger charge is 2.41. The summed E-state index contributed by atoms with van der Waals surface area (Å²) in [7, 11) is 0. The number of hydrogen-bond donors (Lipinski definition) is 2. The van der Waals surface area contributed by atoms with Crippen LogP contribution in [0.2, 0.25) is 0 Å². The molecule has 0 aliphatic heterocycles. The number of amides is 1. The van der Waals surface area contributed by atoms with Gasteiger partial charge in [-0.2, -0.15) is 13.2 Å². The molecule has 2 aliphatic rings. The molecule has 1 amide bonds. The van der Waals surface area contributed by atoms with E-state index in [1.807, 2.05) is 0 Å². The van der Waals surface area contributed by atoms with Gasteiger partial charge in [-0.25, -0.2) is 0 Å². The molecule has 7 heteroatoms. The number of alkyl halides is 3. The predicted octanol–water partition coefficient (Wildman–Crippen LogP) is 3.55. The molecule has 0 saturated heterocycles. The highest BCUT2D eigenvalue weighted by molar-refractivity contribution is 5.85. The largest absolute Gasteiger partial charge is 0.391 e. The lowest BCUT2D eigenvalue weighted by Gasteiger charge is -2.32. The Morgan fingerprint density at radius 3 is 2.18 bits per heavy atom. The van der Waals surface area contributed by atoms with Gasteiger partial charge in [0.25, 0.3) is 0 Å². The maximum Gasteiger partial charge on any atom is 0.391 e. The first-order valence-corrected chi connectivity index (χ1v) is 7.98. The van der Waals surface area contributed by atoms with Crippen LogP contribution in [-0.2, 0) is 4.79 Å². The van der Waals surface area contributed by atoms with E-state index in [4.69, 9.17) is 5.73 Å². The summed E-state index contributed by atoms with van der Waals surface area (Å²) >= 11 is 0. The van der Waals surface area contributed by atoms with E-state index < -0.39 is 12.1 Å². The summed E-state index contributed by atoms with van der Waals surface area (Å²) in [5, 5.41) is 2.90. The van der Waals surface area contributed by atoms with Crippen LogP contribution in [0.5, 0.6) is 0 Å². The van der Waals surface area contributed by atoms with Crippen molar-refractivity contribution in [3.63, 3.8) is 0 Å². The molecule has 0 heterocycles. The third-order valence-corrected chi connectivity index (χ3v) is 4.97. The summed E-state index contributed by atoms with van der Waals surface area (Å²) in [4.78, 5) is 12.0. The summed E-state index contributed by atoms with van der Waals surface area (Å²) in [6, 6.07) is -0.0126. The molecule has 2 atom stereocenters. The molecular weight excluding hydrogens is 317 g/mol. The standard InChI is InChI=1S/C15H25F3N2O.ClH/c16-15(17,18)11-5-7-12(8-6-11)20-14(21)9-10-3-1-2-4-13(10)19;/h10-13H,1-9,19H2,(H,20,21);1H. The Hall–Kier alpha value is -0.490. The van der Waals surface area contributed by atoms with Crippen LogP contribution < -0.4 is 11.1 Å². The van der Waals surface area contributed by atoms with Crippen molar-refractivity contribution in [2.24, 2.45) is 17.6 Å². The second-order valence-electron chi connectivity index (χ2n) is 6.57. The number of carbonyl (C=O) groups is 1. The van der Waals surface area contributed by atoms with Gasteiger partial charge in [-0.3, -0.25) is 4.79 Å². The lowest BCUT2D eigenvalue weighted by Crippen LogP contribution is -2.42. The zero-order valence-electron chi connectivity index (χ0n) is 12.7. The summed E-state index contributed by atoms with van der Waals surface area (Å²) in [6.07, 6.45) is 1.60. The van der Waals surface area contributed by atoms with Gasteiger partial charge in [-0.05, 0) is 44.4 Å². The average Bonchev–Trinajstić information content (AvgIpc) is 2.41. The lowest BCUT2D eigenvalue weighted by atomic mass is 9.82. The van der Waals surface area contributed by atoms with Crippen LogP contribution in [0.25, 0.3) is 0 Å². The Bertz CT molecular complexity index is 357. The van der Waals surface area contributed by atoms with Crippen LogP contribution in [0.4, 0.5) is 13.2 Å². The Morgan fingerprint density at radius 1 is 1.05 bits per heavy atom. The van der Waals surface area contributed by atoms with Crippen molar-refractivity contribution in [1.29, 1.82) is 0 Å². The van der Waals surface area contributed by atoms with Gasteiger partial charge in [0.2, 0.25) is 5.91 Å². The number of carbonyl (C=O) groups excluding carboxylic acids is 1. The molecule has 3 N–H and O–H groups in total. The monoisotopic (exact) mass is 342 g/mol. The van der Waals surface area contributed by atoms with Gasteiger partial charge in [-0.1, -0.05) is 12.8 Å². The van der Waals surface area contributed by atoms with Crippen molar-refractivity contribution in [2.45, 2.75) is 76.0 Å². The first-order valence-electron chi connectivity index (χ1n) is 7.98. The fourth-order valence-corrected chi connectivity index (χ4v) is 3.58. The summed E-state index contributed by atoms with van der Waals surface area (Å²) in [5.41, 5.74) is 6.02. The van der Waals surface area contributed by atoms with Crippen molar-refractivity contribution in [1.82, 2.24) is 5.32 Å². The van der Waals surface area contributed by atoms with Gasteiger partial charge in [0.05, 0.1) is 5.92 Å². The minimum atomic E-state index is -4.09. The Balaban J connectivity index is 0.00000242. The molecule has 2 unspecified atom stereocenters. The summed E-state index contributed by atoms with van der Waals surface area (Å²) < 4.78 is 37.7. The fourth-order valence-electron chi connectivity index (χ4n) is 3.58. The van der Waals surface area contributed by atoms with Crippen LogP contribution in [0, 0.1) is 11.8 Å². The van der Waals surface area contributed by atoms with Crippen molar-refractivity contribution in [3.05, 3.63) is 0 Å². The van der Waals surface area contributed by atoms with E-state index in [2.05, 4.69) is 5.32 Å². The van der Waals surface area contributed by atoms with Gasteiger partial charge in [0.15, 0.2) is 0 Å². The van der Waals surface area contributed by atoms with Crippen LogP contribution in [0.3, 0.4) is 0 Å². The molecule has 3 nitrogen and oxygen atoms in total. The highest BCUT2D eigenvalue weighted by atomic mass is 35.5. The normalized spacial score (nSPS) is 32.9. The molecule has 130 valence electrons. The molecule has 0 aromatic heterocycles. The van der Waals surface area contributed by atoms with E-state index in [0.29, 0.717) is 19.3 Å². The van der Waals surface area contributed by atoms with Crippen molar-refractivity contribution in [2.75, 3.05) is 0 Å². The molecule has 22 heavy (non-hydrogen) atoms. The molecule has 0 aromatic carbocycles. The highest BCUT2D eigenvalue weighted by Crippen LogP contribution is 2.37. The van der Waals surface area contributed by atoms with E-state index in [9.17, 15) is 18.0 Å². The molecule has 0 radical (unpaired) electrons. The number of nitrogens with two attached hydrogens (primary N) is 1. The molecule has 2 saturated carbocycles. The number of hydrogen-bond acceptors (Lipinski definition) is 2. The molecule has 0 spiro atoms. The van der Waals surface area contributed by atoms with Gasteiger partial charge < -0.3 is 11.1 Å². The fraction of sp³-hybridized carbons (Fsp3) is 0.933. The zero-order valence-corrected chi connectivity index (χ0v) is 13.5. The third-order valence-electron chi connectivity index (χ3n) is 4.97. The molecule has 2 fully saturated rings. The van der Waals surface area contributed by atoms with E-state index >= 15 is 0 Å². The quantitative estimate of drug-likeness (QED) is 0.824. The van der Waals surface area contributed by atoms with Crippen molar-refractivity contribution < 1.29 is 18.0 Å². The molecule has 0 bridgehead atoms. The van der Waals surface area contributed by atoms with E-state index in [1.54, 1.807) is 0 Å². The second kappa shape index (κ2) is 8.39. The minimum absolute atomic E-state index is 0. The van der Waals surface area contributed by atoms with E-state index in [-0.39, 0.29) is 49.2 Å². The van der Waals surface area contributed by atoms with E-state index in [1.165, 1.54) is 0 Å². The Morgan fingerprint density at radius 2 is 1.64 bits per heavy atom. The topological polar surface area (TPSA) is 55.1 Å². The smallest absolute Gasteiger partial charge is 0.353 e. The van der Waals surface area contributed by atoms with Crippen LogP contribution in [0.1, 0.15) is 57.8 Å². The molecule has 2 aliphatic carbocycles. The van der Waals surface area contributed by atoms with Crippen molar-refractivity contribution in [3.8, 4) is 0 Å². The maximum absolute atomic E-state index is 12.6. The molecule has 2 rings (SSSR count). The maximum atomic E-state index is 12.6. The van der Waals surface area contributed by atoms with Gasteiger partial charge in [0, 0.05) is 18.5 Å². The zero-order chi connectivity index (χ0) is 15.5. The Labute approximate surface area is 136 Å². The first kappa shape index (κ1) is 19.6. The summed E-state index contributed by atoms with van der Waals surface area (Å²) in [5.74, 6) is -1.02. The van der Waals surface area contributed by atoms with E-state index in [0.717, 1.165) is 25.7 Å². The summed E-state index contributed by atoms with van der Waals surface area (Å²) in [6.45, 7) is 0. The molecular formula is C15H26ClF3N2O. The molecule has 0 aromatic rings. The third kappa shape index (κ3) is 5.61. The van der Waals surface area contributed by atoms with Crippen LogP contribution in [0.15, 0.2) is 0 Å². The predicted molar refractivity (Wildman–Crippen MR) is 81.7 cm³/mol. The van der Waals surface area contributed by atoms with Crippen LogP contribution in [-0.4, -0.2) is 24.2 Å². The number of rotatable bonds is 3. The number of nitrogens with one attached hydrogen (secondary N) is 1. The van der Waals surface area contributed by atoms with Gasteiger partial charge in [-0.15, -0.1) is 12.4 Å². The van der Waals surface area contributed by atoms with Gasteiger partial charge in [0.1, 0.15) is 0 Å². The average molecular weight is 343 g/mol. The SMILES string of the molecule is Cl.NC1CCCCC1CC(=O)NC1CCC(C(F)(F)F)CC1. The Kier molecular flexibility index (Phi) is 7.46. The lowest BCUT2D eigenvalue weighted by molar-refractivity contribution is -0.182. The van der Waals surface area contributed by atoms with Crippen LogP contribution >= 0.6 is 12.4 Å². The van der Waals surface area contributed by atoms with Crippen molar-refractivity contribution >= 4 is 18.3 Å². The first-order chi connectivity index (χ1) is 9.86. The van der Waals surface area contributed by atoms with Gasteiger partial charge >= 0.3 is 6.18 Å². The number of halogens is 4.